The van der Waals surface area contributed by atoms with Crippen molar-refractivity contribution in [2.75, 3.05) is 18.9 Å². The zero-order chi connectivity index (χ0) is 13.0. The van der Waals surface area contributed by atoms with Gasteiger partial charge in [-0.05, 0) is 30.7 Å². The summed E-state index contributed by atoms with van der Waals surface area (Å²) in [5.74, 6) is 0.473. The third-order valence-corrected chi connectivity index (χ3v) is 2.85. The lowest BCUT2D eigenvalue weighted by molar-refractivity contribution is -0.148. The minimum absolute atomic E-state index is 0.104. The number of hydrogen-bond acceptors (Lipinski definition) is 4. The summed E-state index contributed by atoms with van der Waals surface area (Å²) in [5, 5.41) is 0. The quantitative estimate of drug-likeness (QED) is 0.641. The Morgan fingerprint density at radius 1 is 1.11 bits per heavy atom. The first-order valence-corrected chi connectivity index (χ1v) is 5.98. The zero-order valence-corrected chi connectivity index (χ0v) is 10.1. The Balaban J connectivity index is 1.82. The number of anilines is 1. The lowest BCUT2D eigenvalue weighted by Gasteiger charge is -2.24. The Morgan fingerprint density at radius 3 is 2.33 bits per heavy atom. The summed E-state index contributed by atoms with van der Waals surface area (Å²) in [7, 11) is 0. The van der Waals surface area contributed by atoms with Crippen LogP contribution in [0, 0.1) is 0 Å². The highest BCUT2D eigenvalue weighted by molar-refractivity contribution is 5.97. The molecule has 1 aliphatic heterocycles. The summed E-state index contributed by atoms with van der Waals surface area (Å²) in [6.45, 7) is 0.615. The first kappa shape index (κ1) is 12.4. The van der Waals surface area contributed by atoms with Gasteiger partial charge in [-0.15, -0.1) is 0 Å². The molecule has 1 aromatic carbocycles. The van der Waals surface area contributed by atoms with Gasteiger partial charge in [-0.25, -0.2) is 0 Å². The van der Waals surface area contributed by atoms with E-state index in [-0.39, 0.29) is 11.8 Å². The average molecular weight is 248 g/mol. The topological polar surface area (TPSA) is 72.6 Å². The number of nitrogen functional groups attached to an aromatic ring is 1. The zero-order valence-electron chi connectivity index (χ0n) is 10.1. The van der Waals surface area contributed by atoms with Crippen LogP contribution in [0.4, 0.5) is 5.69 Å². The maximum Gasteiger partial charge on any atom is 0.229 e. The molecule has 1 heterocycles. The summed E-state index contributed by atoms with van der Waals surface area (Å²) in [5.41, 5.74) is 6.23. The van der Waals surface area contributed by atoms with E-state index in [4.69, 9.17) is 10.5 Å². The van der Waals surface area contributed by atoms with Crippen LogP contribution in [0.5, 0.6) is 5.75 Å². The van der Waals surface area contributed by atoms with Gasteiger partial charge < -0.3 is 10.5 Å². The number of ether oxygens (including phenoxy) is 1. The summed E-state index contributed by atoms with van der Waals surface area (Å²) in [6.07, 6.45) is 1.56. The fourth-order valence-electron chi connectivity index (χ4n) is 1.87. The maximum atomic E-state index is 11.5. The highest BCUT2D eigenvalue weighted by Crippen LogP contribution is 2.14. The number of benzene rings is 1. The van der Waals surface area contributed by atoms with Crippen LogP contribution in [0.1, 0.15) is 19.3 Å². The standard InChI is InChI=1S/C13H16N2O3/c14-10-4-6-11(7-5-10)18-9-8-15-12(16)2-1-3-13(15)17/h4-7H,1-3,8-9,14H2. The van der Waals surface area contributed by atoms with Crippen molar-refractivity contribution in [3.63, 3.8) is 0 Å². The fourth-order valence-corrected chi connectivity index (χ4v) is 1.87. The molecule has 0 unspecified atom stereocenters. The van der Waals surface area contributed by atoms with Gasteiger partial charge in [0.25, 0.3) is 0 Å². The maximum absolute atomic E-state index is 11.5. The second-order valence-electron chi connectivity index (χ2n) is 4.21. The molecule has 1 aliphatic rings. The van der Waals surface area contributed by atoms with Gasteiger partial charge >= 0.3 is 0 Å². The second kappa shape index (κ2) is 5.53. The number of carbonyl (C=O) groups is 2. The van der Waals surface area contributed by atoms with Crippen LogP contribution >= 0.6 is 0 Å². The molecular weight excluding hydrogens is 232 g/mol. The van der Waals surface area contributed by atoms with Gasteiger partial charge in [-0.3, -0.25) is 14.5 Å². The van der Waals surface area contributed by atoms with Crippen molar-refractivity contribution in [2.45, 2.75) is 19.3 Å². The smallest absolute Gasteiger partial charge is 0.229 e. The predicted octanol–water partition coefficient (Wildman–Crippen LogP) is 1.19. The lowest BCUT2D eigenvalue weighted by atomic mass is 10.1. The first-order valence-electron chi connectivity index (χ1n) is 5.98. The molecule has 96 valence electrons. The number of rotatable bonds is 4. The number of piperidine rings is 1. The summed E-state index contributed by atoms with van der Waals surface area (Å²) in [6, 6.07) is 7.00. The number of hydrogen-bond donors (Lipinski definition) is 1. The van der Waals surface area contributed by atoms with Crippen LogP contribution in [0.2, 0.25) is 0 Å². The molecule has 18 heavy (non-hydrogen) atoms. The van der Waals surface area contributed by atoms with Crippen LogP contribution in [0.25, 0.3) is 0 Å². The number of carbonyl (C=O) groups excluding carboxylic acids is 2. The molecule has 2 N–H and O–H groups in total. The molecule has 1 aromatic rings. The van der Waals surface area contributed by atoms with Gasteiger partial charge in [-0.2, -0.15) is 0 Å². The molecule has 5 heteroatoms. The SMILES string of the molecule is Nc1ccc(OCCN2C(=O)CCCC2=O)cc1. The molecule has 1 fully saturated rings. The van der Waals surface area contributed by atoms with E-state index in [2.05, 4.69) is 0 Å². The van der Waals surface area contributed by atoms with Gasteiger partial charge in [0.15, 0.2) is 0 Å². The van der Waals surface area contributed by atoms with Gasteiger partial charge in [0.05, 0.1) is 6.54 Å². The minimum atomic E-state index is -0.104. The van der Waals surface area contributed by atoms with Crippen molar-refractivity contribution in [3.05, 3.63) is 24.3 Å². The molecule has 5 nitrogen and oxygen atoms in total. The predicted molar refractivity (Wildman–Crippen MR) is 66.9 cm³/mol. The number of likely N-dealkylation sites (tertiary alicyclic amines) is 1. The lowest BCUT2D eigenvalue weighted by Crippen LogP contribution is -2.42. The summed E-state index contributed by atoms with van der Waals surface area (Å²) < 4.78 is 5.46. The van der Waals surface area contributed by atoms with Crippen LogP contribution in [-0.2, 0) is 9.59 Å². The number of nitrogens with zero attached hydrogens (tertiary/aromatic N) is 1. The molecule has 2 rings (SSSR count). The van der Waals surface area contributed by atoms with E-state index in [0.29, 0.717) is 43.9 Å². The normalized spacial score (nSPS) is 15.9. The van der Waals surface area contributed by atoms with Gasteiger partial charge in [0.1, 0.15) is 12.4 Å². The Kier molecular flexibility index (Phi) is 3.82. The van der Waals surface area contributed by atoms with Crippen LogP contribution in [0.3, 0.4) is 0 Å². The van der Waals surface area contributed by atoms with E-state index < -0.39 is 0 Å². The van der Waals surface area contributed by atoms with Crippen LogP contribution in [-0.4, -0.2) is 29.9 Å². The molecule has 0 saturated carbocycles. The average Bonchev–Trinajstić information content (AvgIpc) is 2.35. The van der Waals surface area contributed by atoms with E-state index in [1.807, 2.05) is 0 Å². The number of imide groups is 1. The number of amides is 2. The van der Waals surface area contributed by atoms with Crippen molar-refractivity contribution in [3.8, 4) is 5.75 Å². The van der Waals surface area contributed by atoms with Crippen molar-refractivity contribution >= 4 is 17.5 Å². The Hall–Kier alpha value is -2.04. The Labute approximate surface area is 106 Å². The third-order valence-electron chi connectivity index (χ3n) is 2.85. The monoisotopic (exact) mass is 248 g/mol. The summed E-state index contributed by atoms with van der Waals surface area (Å²) >= 11 is 0. The van der Waals surface area contributed by atoms with E-state index in [1.165, 1.54) is 4.90 Å². The van der Waals surface area contributed by atoms with Crippen LogP contribution in [0.15, 0.2) is 24.3 Å². The van der Waals surface area contributed by atoms with E-state index in [9.17, 15) is 9.59 Å². The third kappa shape index (κ3) is 3.00. The molecule has 0 spiro atoms. The van der Waals surface area contributed by atoms with Gasteiger partial charge in [0, 0.05) is 18.5 Å². The van der Waals surface area contributed by atoms with Crippen LogP contribution < -0.4 is 10.5 Å². The summed E-state index contributed by atoms with van der Waals surface area (Å²) in [4.78, 5) is 24.3. The minimum Gasteiger partial charge on any atom is -0.492 e. The van der Waals surface area contributed by atoms with Gasteiger partial charge in [0.2, 0.25) is 11.8 Å². The number of nitrogens with two attached hydrogens (primary N) is 1. The van der Waals surface area contributed by atoms with Crippen molar-refractivity contribution in [1.82, 2.24) is 4.90 Å². The van der Waals surface area contributed by atoms with Crippen molar-refractivity contribution in [1.29, 1.82) is 0 Å². The Bertz CT molecular complexity index is 426. The Morgan fingerprint density at radius 2 is 1.72 bits per heavy atom. The molecular formula is C13H16N2O3. The largest absolute Gasteiger partial charge is 0.492 e. The molecule has 0 radical (unpaired) electrons. The molecule has 0 bridgehead atoms. The molecule has 0 aromatic heterocycles. The van der Waals surface area contributed by atoms with E-state index in [1.54, 1.807) is 24.3 Å². The fraction of sp³-hybridized carbons (Fsp3) is 0.385. The highest BCUT2D eigenvalue weighted by atomic mass is 16.5. The highest BCUT2D eigenvalue weighted by Gasteiger charge is 2.25. The van der Waals surface area contributed by atoms with E-state index >= 15 is 0 Å². The van der Waals surface area contributed by atoms with Crippen molar-refractivity contribution < 1.29 is 14.3 Å². The molecule has 1 saturated heterocycles. The molecule has 2 amide bonds. The van der Waals surface area contributed by atoms with Gasteiger partial charge in [-0.1, -0.05) is 0 Å². The molecule has 0 aliphatic carbocycles. The van der Waals surface area contributed by atoms with E-state index in [0.717, 1.165) is 0 Å². The second-order valence-corrected chi connectivity index (χ2v) is 4.21. The molecule has 0 atom stereocenters. The first-order chi connectivity index (χ1) is 8.66. The van der Waals surface area contributed by atoms with Crippen molar-refractivity contribution in [2.24, 2.45) is 0 Å².